The summed E-state index contributed by atoms with van der Waals surface area (Å²) in [7, 11) is -3.66. The quantitative estimate of drug-likeness (QED) is 0.771. The van der Waals surface area contributed by atoms with Crippen LogP contribution in [0.4, 0.5) is 4.39 Å². The number of unbranched alkanes of at least 4 members (excludes halogenated alkanes) is 1. The average molecular weight is 369 g/mol. The van der Waals surface area contributed by atoms with Gasteiger partial charge in [0.2, 0.25) is 5.91 Å². The van der Waals surface area contributed by atoms with E-state index in [1.54, 1.807) is 11.4 Å². The van der Waals surface area contributed by atoms with Crippen LogP contribution in [0.2, 0.25) is 0 Å². The van der Waals surface area contributed by atoms with Crippen LogP contribution in [0.25, 0.3) is 0 Å². The summed E-state index contributed by atoms with van der Waals surface area (Å²) in [6.45, 7) is 1.95. The first kappa shape index (κ1) is 18.6. The number of amides is 1. The molecule has 0 spiro atoms. The smallest absolute Gasteiger partial charge is 0.220 e. The Bertz CT molecular complexity index is 756. The minimum Gasteiger partial charge on any atom is -0.354 e. The number of sulfone groups is 1. The molecule has 0 saturated heterocycles. The highest BCUT2D eigenvalue weighted by atomic mass is 32.2. The largest absolute Gasteiger partial charge is 0.354 e. The zero-order valence-electron chi connectivity index (χ0n) is 13.4. The molecule has 24 heavy (non-hydrogen) atoms. The lowest BCUT2D eigenvalue weighted by atomic mass is 10.1. The van der Waals surface area contributed by atoms with Crippen molar-refractivity contribution in [2.24, 2.45) is 0 Å². The van der Waals surface area contributed by atoms with Crippen molar-refractivity contribution < 1.29 is 17.6 Å². The van der Waals surface area contributed by atoms with Crippen LogP contribution in [0.3, 0.4) is 0 Å². The maximum atomic E-state index is 13.2. The Labute approximate surface area is 145 Å². The monoisotopic (exact) mass is 369 g/mol. The molecular formula is C17H20FNO3S2. The minimum atomic E-state index is -3.66. The molecule has 0 radical (unpaired) electrons. The Kier molecular flexibility index (Phi) is 6.51. The molecule has 0 unspecified atom stereocenters. The summed E-state index contributed by atoms with van der Waals surface area (Å²) < 4.78 is 39.1. The zero-order chi connectivity index (χ0) is 17.6. The van der Waals surface area contributed by atoms with E-state index in [1.165, 1.54) is 30.3 Å². The van der Waals surface area contributed by atoms with E-state index in [1.807, 2.05) is 6.92 Å². The summed E-state index contributed by atoms with van der Waals surface area (Å²) in [5, 5.41) is 3.44. The first-order valence-corrected chi connectivity index (χ1v) is 10.2. The normalized spacial score (nSPS) is 12.8. The summed E-state index contributed by atoms with van der Waals surface area (Å²) >= 11 is 1.13. The third kappa shape index (κ3) is 4.64. The van der Waals surface area contributed by atoms with Gasteiger partial charge < -0.3 is 5.32 Å². The molecule has 0 saturated carbocycles. The molecule has 1 aromatic carbocycles. The van der Waals surface area contributed by atoms with E-state index in [0.717, 1.165) is 24.2 Å². The fourth-order valence-corrected chi connectivity index (χ4v) is 5.15. The van der Waals surface area contributed by atoms with E-state index in [4.69, 9.17) is 0 Å². The summed E-state index contributed by atoms with van der Waals surface area (Å²) in [4.78, 5) is 11.8. The molecule has 2 rings (SSSR count). The third-order valence-corrected chi connectivity index (χ3v) is 7.17. The van der Waals surface area contributed by atoms with Gasteiger partial charge in [-0.1, -0.05) is 31.5 Å². The Balaban J connectivity index is 2.25. The molecule has 4 nitrogen and oxygen atoms in total. The Morgan fingerprint density at radius 1 is 1.25 bits per heavy atom. The second-order valence-corrected chi connectivity index (χ2v) is 8.73. The van der Waals surface area contributed by atoms with Crippen molar-refractivity contribution >= 4 is 27.1 Å². The number of rotatable bonds is 8. The first-order valence-electron chi connectivity index (χ1n) is 7.74. The Morgan fingerprint density at radius 2 is 1.96 bits per heavy atom. The highest BCUT2D eigenvalue weighted by Gasteiger charge is 2.30. The second kappa shape index (κ2) is 8.39. The van der Waals surface area contributed by atoms with Crippen LogP contribution < -0.4 is 5.32 Å². The number of hydrogen-bond donors (Lipinski definition) is 1. The lowest BCUT2D eigenvalue weighted by molar-refractivity contribution is -0.121. The van der Waals surface area contributed by atoms with Crippen molar-refractivity contribution in [1.82, 2.24) is 5.32 Å². The van der Waals surface area contributed by atoms with Crippen molar-refractivity contribution in [3.63, 3.8) is 0 Å². The maximum absolute atomic E-state index is 13.2. The third-order valence-electron chi connectivity index (χ3n) is 3.63. The number of carbonyl (C=O) groups excluding carboxylic acids is 1. The molecule has 0 aliphatic carbocycles. The number of hydrogen-bond acceptors (Lipinski definition) is 4. The number of carbonyl (C=O) groups is 1. The van der Waals surface area contributed by atoms with Gasteiger partial charge in [0.25, 0.3) is 0 Å². The van der Waals surface area contributed by atoms with Gasteiger partial charge in [0.15, 0.2) is 9.84 Å². The molecule has 0 bridgehead atoms. The zero-order valence-corrected chi connectivity index (χ0v) is 15.0. The molecule has 130 valence electrons. The Morgan fingerprint density at radius 3 is 2.54 bits per heavy atom. The maximum Gasteiger partial charge on any atom is 0.220 e. The van der Waals surface area contributed by atoms with Gasteiger partial charge in [-0.25, -0.2) is 12.8 Å². The Hall–Kier alpha value is -1.73. The molecule has 1 N–H and O–H groups in total. The van der Waals surface area contributed by atoms with Gasteiger partial charge in [0.1, 0.15) is 15.3 Å². The summed E-state index contributed by atoms with van der Waals surface area (Å²) in [6, 6.07) is 8.55. The van der Waals surface area contributed by atoms with Gasteiger partial charge in [0, 0.05) is 13.0 Å². The van der Waals surface area contributed by atoms with E-state index in [-0.39, 0.29) is 16.7 Å². The lowest BCUT2D eigenvalue weighted by Crippen LogP contribution is -2.31. The van der Waals surface area contributed by atoms with Gasteiger partial charge in [-0.2, -0.15) is 0 Å². The van der Waals surface area contributed by atoms with Crippen molar-refractivity contribution in [2.45, 2.75) is 35.6 Å². The summed E-state index contributed by atoms with van der Waals surface area (Å²) in [5.41, 5.74) is 0.459. The van der Waals surface area contributed by atoms with E-state index in [2.05, 4.69) is 5.32 Å². The van der Waals surface area contributed by atoms with Crippen LogP contribution in [0.1, 0.15) is 37.0 Å². The molecule has 2 aromatic rings. The van der Waals surface area contributed by atoms with Crippen molar-refractivity contribution in [2.75, 3.05) is 6.54 Å². The number of nitrogens with one attached hydrogen (secondary N) is 1. The van der Waals surface area contributed by atoms with Crippen molar-refractivity contribution in [3.8, 4) is 0 Å². The highest BCUT2D eigenvalue weighted by molar-refractivity contribution is 7.93. The molecular weight excluding hydrogens is 349 g/mol. The van der Waals surface area contributed by atoms with Crippen LogP contribution in [0, 0.1) is 5.82 Å². The fraction of sp³-hybridized carbons (Fsp3) is 0.353. The molecule has 1 heterocycles. The standard InChI is InChI=1S/C17H20FNO3S2/c1-2-3-5-16(20)19-12-15(13-7-9-14(18)10-8-13)24(21,22)17-6-4-11-23-17/h4,6-11,15H,2-3,5,12H2,1H3,(H,19,20)/t15-/m1/s1. The SMILES string of the molecule is CCCCC(=O)NC[C@H](c1ccc(F)cc1)S(=O)(=O)c1cccs1. The van der Waals surface area contributed by atoms with Crippen molar-refractivity contribution in [3.05, 3.63) is 53.2 Å². The molecule has 0 aliphatic heterocycles. The van der Waals surface area contributed by atoms with Crippen molar-refractivity contribution in [1.29, 1.82) is 0 Å². The van der Waals surface area contributed by atoms with Crippen LogP contribution in [-0.4, -0.2) is 20.9 Å². The van der Waals surface area contributed by atoms with E-state index >= 15 is 0 Å². The molecule has 7 heteroatoms. The van der Waals surface area contributed by atoms with Gasteiger partial charge in [-0.05, 0) is 35.6 Å². The average Bonchev–Trinajstić information content (AvgIpc) is 3.10. The number of benzene rings is 1. The fourth-order valence-electron chi connectivity index (χ4n) is 2.28. The lowest BCUT2D eigenvalue weighted by Gasteiger charge is -2.18. The van der Waals surface area contributed by atoms with Crippen LogP contribution in [0.5, 0.6) is 0 Å². The van der Waals surface area contributed by atoms with Gasteiger partial charge >= 0.3 is 0 Å². The van der Waals surface area contributed by atoms with Gasteiger partial charge in [0.05, 0.1) is 0 Å². The van der Waals surface area contributed by atoms with Crippen LogP contribution in [0.15, 0.2) is 46.0 Å². The van der Waals surface area contributed by atoms with E-state index < -0.39 is 20.9 Å². The molecule has 0 fully saturated rings. The predicted molar refractivity (Wildman–Crippen MR) is 93.2 cm³/mol. The van der Waals surface area contributed by atoms with E-state index in [0.29, 0.717) is 12.0 Å². The number of halogens is 1. The first-order chi connectivity index (χ1) is 11.4. The van der Waals surface area contributed by atoms with Crippen LogP contribution >= 0.6 is 11.3 Å². The van der Waals surface area contributed by atoms with E-state index in [9.17, 15) is 17.6 Å². The van der Waals surface area contributed by atoms with Gasteiger partial charge in [-0.3, -0.25) is 4.79 Å². The topological polar surface area (TPSA) is 63.2 Å². The summed E-state index contributed by atoms with van der Waals surface area (Å²) in [6.07, 6.45) is 2.01. The minimum absolute atomic E-state index is 0.0333. The molecule has 1 amide bonds. The van der Waals surface area contributed by atoms with Gasteiger partial charge in [-0.15, -0.1) is 11.3 Å². The summed E-state index contributed by atoms with van der Waals surface area (Å²) in [5.74, 6) is -0.608. The highest BCUT2D eigenvalue weighted by Crippen LogP contribution is 2.31. The predicted octanol–water partition coefficient (Wildman–Crippen LogP) is 3.71. The second-order valence-electron chi connectivity index (χ2n) is 5.42. The number of thiophene rings is 1. The molecule has 0 aliphatic rings. The molecule has 1 aromatic heterocycles. The molecule has 1 atom stereocenters. The van der Waals surface area contributed by atoms with Crippen LogP contribution in [-0.2, 0) is 14.6 Å².